The third-order valence-corrected chi connectivity index (χ3v) is 4.12. The summed E-state index contributed by atoms with van der Waals surface area (Å²) in [5.41, 5.74) is 9.03. The Morgan fingerprint density at radius 3 is 2.74 bits per heavy atom. The molecule has 1 aliphatic heterocycles. The second-order valence-electron chi connectivity index (χ2n) is 5.67. The van der Waals surface area contributed by atoms with E-state index in [1.165, 1.54) is 17.5 Å². The van der Waals surface area contributed by atoms with Crippen molar-refractivity contribution in [2.75, 3.05) is 26.7 Å². The molecule has 1 heterocycles. The van der Waals surface area contributed by atoms with Gasteiger partial charge in [-0.1, -0.05) is 37.6 Å². The lowest BCUT2D eigenvalue weighted by Crippen LogP contribution is -2.50. The van der Waals surface area contributed by atoms with Gasteiger partial charge in [0.05, 0.1) is 0 Å². The number of benzene rings is 1. The van der Waals surface area contributed by atoms with Crippen molar-refractivity contribution in [1.29, 1.82) is 0 Å². The van der Waals surface area contributed by atoms with Crippen molar-refractivity contribution in [3.8, 4) is 0 Å². The molecule has 0 aliphatic carbocycles. The number of nitrogens with two attached hydrogens (primary N) is 1. The fourth-order valence-electron chi connectivity index (χ4n) is 2.78. The van der Waals surface area contributed by atoms with E-state index in [0.717, 1.165) is 32.5 Å². The van der Waals surface area contributed by atoms with Crippen LogP contribution in [0.4, 0.5) is 0 Å². The molecular weight excluding hydrogens is 234 g/mol. The minimum absolute atomic E-state index is 0.142. The molecule has 2 atom stereocenters. The van der Waals surface area contributed by atoms with E-state index in [1.54, 1.807) is 0 Å². The molecule has 3 heteroatoms. The normalized spacial score (nSPS) is 22.4. The van der Waals surface area contributed by atoms with Gasteiger partial charge in [0, 0.05) is 31.7 Å². The van der Waals surface area contributed by atoms with Gasteiger partial charge in [0.2, 0.25) is 0 Å². The maximum absolute atomic E-state index is 6.36. The molecule has 2 unspecified atom stereocenters. The summed E-state index contributed by atoms with van der Waals surface area (Å²) in [6.45, 7) is 5.48. The van der Waals surface area contributed by atoms with Gasteiger partial charge in [0.1, 0.15) is 0 Å². The topological polar surface area (TPSA) is 41.3 Å². The molecule has 0 amide bonds. The number of hydrogen-bond donors (Lipinski definition) is 2. The SMILES string of the molecule is CCCc1ccc(C(N)CC2CNCCN2C)cc1. The fraction of sp³-hybridized carbons (Fsp3) is 0.625. The van der Waals surface area contributed by atoms with Crippen molar-refractivity contribution in [3.63, 3.8) is 0 Å². The molecule has 0 aromatic heterocycles. The summed E-state index contributed by atoms with van der Waals surface area (Å²) in [5, 5.41) is 3.45. The van der Waals surface area contributed by atoms with Gasteiger partial charge in [0.15, 0.2) is 0 Å². The largest absolute Gasteiger partial charge is 0.324 e. The Hall–Kier alpha value is -0.900. The van der Waals surface area contributed by atoms with E-state index in [0.29, 0.717) is 6.04 Å². The first kappa shape index (κ1) is 14.5. The number of likely N-dealkylation sites (N-methyl/N-ethyl adjacent to an activating group) is 1. The molecule has 0 saturated carbocycles. The number of hydrogen-bond acceptors (Lipinski definition) is 3. The summed E-state index contributed by atoms with van der Waals surface area (Å²) in [6.07, 6.45) is 3.38. The number of nitrogens with one attached hydrogen (secondary N) is 1. The number of piperazine rings is 1. The number of nitrogens with zero attached hydrogens (tertiary/aromatic N) is 1. The highest BCUT2D eigenvalue weighted by Crippen LogP contribution is 2.19. The van der Waals surface area contributed by atoms with Crippen molar-refractivity contribution in [3.05, 3.63) is 35.4 Å². The van der Waals surface area contributed by atoms with Crippen LogP contribution in [-0.4, -0.2) is 37.6 Å². The van der Waals surface area contributed by atoms with E-state index < -0.39 is 0 Å². The number of aryl methyl sites for hydroxylation is 1. The molecular formula is C16H27N3. The Balaban J connectivity index is 1.93. The monoisotopic (exact) mass is 261 g/mol. The Bertz CT molecular complexity index is 374. The van der Waals surface area contributed by atoms with Crippen LogP contribution in [0, 0.1) is 0 Å². The third-order valence-electron chi connectivity index (χ3n) is 4.12. The summed E-state index contributed by atoms with van der Waals surface area (Å²) >= 11 is 0. The minimum Gasteiger partial charge on any atom is -0.324 e. The molecule has 106 valence electrons. The molecule has 0 radical (unpaired) electrons. The third kappa shape index (κ3) is 4.03. The van der Waals surface area contributed by atoms with Gasteiger partial charge in [-0.15, -0.1) is 0 Å². The van der Waals surface area contributed by atoms with Crippen LogP contribution in [0.3, 0.4) is 0 Å². The highest BCUT2D eigenvalue weighted by Gasteiger charge is 2.21. The van der Waals surface area contributed by atoms with Crippen molar-refractivity contribution in [2.45, 2.75) is 38.3 Å². The summed E-state index contributed by atoms with van der Waals surface area (Å²) < 4.78 is 0. The second-order valence-corrected chi connectivity index (χ2v) is 5.67. The van der Waals surface area contributed by atoms with Crippen molar-refractivity contribution in [2.24, 2.45) is 5.73 Å². The fourth-order valence-corrected chi connectivity index (χ4v) is 2.78. The van der Waals surface area contributed by atoms with Gasteiger partial charge >= 0.3 is 0 Å². The van der Waals surface area contributed by atoms with Gasteiger partial charge < -0.3 is 16.0 Å². The predicted octanol–water partition coefficient (Wildman–Crippen LogP) is 1.93. The molecule has 1 aromatic rings. The molecule has 1 aliphatic rings. The van der Waals surface area contributed by atoms with Crippen LogP contribution in [0.15, 0.2) is 24.3 Å². The quantitative estimate of drug-likeness (QED) is 0.851. The smallest absolute Gasteiger partial charge is 0.0310 e. The van der Waals surface area contributed by atoms with Gasteiger partial charge in [-0.05, 0) is 31.0 Å². The zero-order chi connectivity index (χ0) is 13.7. The first-order valence-electron chi connectivity index (χ1n) is 7.46. The van der Waals surface area contributed by atoms with Crippen LogP contribution >= 0.6 is 0 Å². The lowest BCUT2D eigenvalue weighted by molar-refractivity contribution is 0.182. The lowest BCUT2D eigenvalue weighted by atomic mass is 9.97. The van der Waals surface area contributed by atoms with Gasteiger partial charge in [-0.3, -0.25) is 0 Å². The van der Waals surface area contributed by atoms with E-state index in [9.17, 15) is 0 Å². The standard InChI is InChI=1S/C16H27N3/c1-3-4-13-5-7-14(8-6-13)16(17)11-15-12-18-9-10-19(15)2/h5-8,15-16,18H,3-4,9-12,17H2,1-2H3. The average Bonchev–Trinajstić information content (AvgIpc) is 2.42. The molecule has 2 rings (SSSR count). The van der Waals surface area contributed by atoms with Gasteiger partial charge in [-0.25, -0.2) is 0 Å². The maximum Gasteiger partial charge on any atom is 0.0310 e. The average molecular weight is 261 g/mol. The Labute approximate surface area is 117 Å². The van der Waals surface area contributed by atoms with E-state index >= 15 is 0 Å². The van der Waals surface area contributed by atoms with Crippen LogP contribution < -0.4 is 11.1 Å². The van der Waals surface area contributed by atoms with E-state index in [2.05, 4.69) is 48.5 Å². The molecule has 3 N–H and O–H groups in total. The van der Waals surface area contributed by atoms with E-state index in [-0.39, 0.29) is 6.04 Å². The zero-order valence-electron chi connectivity index (χ0n) is 12.2. The molecule has 1 saturated heterocycles. The molecule has 0 spiro atoms. The molecule has 3 nitrogen and oxygen atoms in total. The maximum atomic E-state index is 6.36. The molecule has 0 bridgehead atoms. The summed E-state index contributed by atoms with van der Waals surface area (Å²) in [4.78, 5) is 2.42. The highest BCUT2D eigenvalue weighted by atomic mass is 15.2. The Morgan fingerprint density at radius 2 is 2.11 bits per heavy atom. The Morgan fingerprint density at radius 1 is 1.37 bits per heavy atom. The van der Waals surface area contributed by atoms with Crippen LogP contribution in [-0.2, 0) is 6.42 Å². The summed E-state index contributed by atoms with van der Waals surface area (Å²) in [6, 6.07) is 9.54. The summed E-state index contributed by atoms with van der Waals surface area (Å²) in [5.74, 6) is 0. The first-order valence-corrected chi connectivity index (χ1v) is 7.46. The molecule has 1 fully saturated rings. The predicted molar refractivity (Wildman–Crippen MR) is 81.3 cm³/mol. The van der Waals surface area contributed by atoms with Crippen molar-refractivity contribution >= 4 is 0 Å². The van der Waals surface area contributed by atoms with Crippen LogP contribution in [0.2, 0.25) is 0 Å². The first-order chi connectivity index (χ1) is 9.20. The minimum atomic E-state index is 0.142. The molecule has 1 aromatic carbocycles. The van der Waals surface area contributed by atoms with Crippen LogP contribution in [0.1, 0.15) is 36.9 Å². The highest BCUT2D eigenvalue weighted by molar-refractivity contribution is 5.25. The van der Waals surface area contributed by atoms with E-state index in [4.69, 9.17) is 5.73 Å². The van der Waals surface area contributed by atoms with Crippen LogP contribution in [0.5, 0.6) is 0 Å². The van der Waals surface area contributed by atoms with Crippen LogP contribution in [0.25, 0.3) is 0 Å². The molecule has 19 heavy (non-hydrogen) atoms. The lowest BCUT2D eigenvalue weighted by Gasteiger charge is -2.34. The Kier molecular flexibility index (Phi) is 5.37. The number of rotatable bonds is 5. The van der Waals surface area contributed by atoms with E-state index in [1.807, 2.05) is 0 Å². The van der Waals surface area contributed by atoms with Crippen molar-refractivity contribution in [1.82, 2.24) is 10.2 Å². The second kappa shape index (κ2) is 7.04. The van der Waals surface area contributed by atoms with Gasteiger partial charge in [0.25, 0.3) is 0 Å². The van der Waals surface area contributed by atoms with Gasteiger partial charge in [-0.2, -0.15) is 0 Å². The zero-order valence-corrected chi connectivity index (χ0v) is 12.2. The summed E-state index contributed by atoms with van der Waals surface area (Å²) in [7, 11) is 2.20. The van der Waals surface area contributed by atoms with Crippen molar-refractivity contribution < 1.29 is 0 Å².